The second-order valence-electron chi connectivity index (χ2n) is 9.10. The number of benzene rings is 1. The monoisotopic (exact) mass is 461 g/mol. The number of carbonyl (C=O) groups excluding carboxylic acids is 1. The van der Waals surface area contributed by atoms with E-state index in [1.165, 1.54) is 10.9 Å². The van der Waals surface area contributed by atoms with Gasteiger partial charge >= 0.3 is 0 Å². The maximum absolute atomic E-state index is 13.1. The Labute approximate surface area is 191 Å². The third-order valence-corrected chi connectivity index (χ3v) is 9.08. The number of amides is 1. The number of rotatable bonds is 7. The molecule has 0 saturated carbocycles. The van der Waals surface area contributed by atoms with Crippen molar-refractivity contribution in [3.8, 4) is 5.75 Å². The molecule has 4 rings (SSSR count). The van der Waals surface area contributed by atoms with Crippen LogP contribution in [0.2, 0.25) is 0 Å². The molecule has 8 heteroatoms. The Morgan fingerprint density at radius 1 is 1.12 bits per heavy atom. The van der Waals surface area contributed by atoms with Crippen LogP contribution in [0, 0.1) is 5.92 Å². The minimum atomic E-state index is -3.18. The third-order valence-electron chi connectivity index (χ3n) is 7.12. The maximum Gasteiger partial charge on any atom is 0.225 e. The minimum Gasteiger partial charge on any atom is -0.497 e. The quantitative estimate of drug-likeness (QED) is 0.681. The molecule has 2 aliphatic heterocycles. The fourth-order valence-corrected chi connectivity index (χ4v) is 6.77. The molecule has 176 valence electrons. The van der Waals surface area contributed by atoms with Crippen molar-refractivity contribution in [3.63, 3.8) is 0 Å². The van der Waals surface area contributed by atoms with Crippen LogP contribution in [0.1, 0.15) is 56.9 Å². The summed E-state index contributed by atoms with van der Waals surface area (Å²) in [4.78, 5) is 18.5. The first-order valence-corrected chi connectivity index (χ1v) is 13.5. The number of aromatic nitrogens is 1. The molecule has 1 aromatic heterocycles. The summed E-state index contributed by atoms with van der Waals surface area (Å²) >= 11 is 0. The number of unbranched alkanes of at least 4 members (excludes halogenated alkanes) is 1. The molecule has 1 N–H and O–H groups in total. The van der Waals surface area contributed by atoms with Gasteiger partial charge in [-0.2, -0.15) is 0 Å². The predicted octanol–water partition coefficient (Wildman–Crippen LogP) is 3.72. The van der Waals surface area contributed by atoms with Crippen LogP contribution in [0.5, 0.6) is 5.75 Å². The highest BCUT2D eigenvalue weighted by atomic mass is 32.2. The van der Waals surface area contributed by atoms with Crippen molar-refractivity contribution >= 4 is 26.8 Å². The van der Waals surface area contributed by atoms with Crippen LogP contribution in [-0.2, 0) is 14.8 Å². The lowest BCUT2D eigenvalue weighted by atomic mass is 9.88. The Morgan fingerprint density at radius 3 is 2.50 bits per heavy atom. The van der Waals surface area contributed by atoms with Gasteiger partial charge in [0.25, 0.3) is 0 Å². The molecule has 7 nitrogen and oxygen atoms in total. The number of nitrogens with one attached hydrogen (secondary N) is 1. The van der Waals surface area contributed by atoms with Crippen molar-refractivity contribution in [2.24, 2.45) is 5.92 Å². The highest BCUT2D eigenvalue weighted by Crippen LogP contribution is 2.35. The van der Waals surface area contributed by atoms with Gasteiger partial charge in [-0.15, -0.1) is 0 Å². The average Bonchev–Trinajstić information content (AvgIpc) is 3.25. The Balaban J connectivity index is 1.32. The van der Waals surface area contributed by atoms with Crippen molar-refractivity contribution < 1.29 is 17.9 Å². The number of ether oxygens (including phenoxy) is 1. The average molecular weight is 462 g/mol. The Bertz CT molecular complexity index is 1030. The lowest BCUT2D eigenvalue weighted by molar-refractivity contribution is -0.137. The molecule has 2 saturated heterocycles. The molecular weight excluding hydrogens is 426 g/mol. The van der Waals surface area contributed by atoms with Crippen LogP contribution in [-0.4, -0.2) is 67.6 Å². The van der Waals surface area contributed by atoms with Gasteiger partial charge in [-0.3, -0.25) is 4.79 Å². The summed E-state index contributed by atoms with van der Waals surface area (Å²) in [5.74, 6) is 1.64. The van der Waals surface area contributed by atoms with E-state index in [0.717, 1.165) is 43.6 Å². The summed E-state index contributed by atoms with van der Waals surface area (Å²) in [5, 5.41) is 1.20. The molecule has 32 heavy (non-hydrogen) atoms. The van der Waals surface area contributed by atoms with Crippen LogP contribution >= 0.6 is 0 Å². The van der Waals surface area contributed by atoms with E-state index in [-0.39, 0.29) is 17.6 Å². The molecule has 1 amide bonds. The van der Waals surface area contributed by atoms with Crippen molar-refractivity contribution in [1.82, 2.24) is 14.2 Å². The molecule has 0 radical (unpaired) electrons. The summed E-state index contributed by atoms with van der Waals surface area (Å²) in [6, 6.07) is 6.09. The SMILES string of the molecule is CCCCS(=O)(=O)N1CCC(C(=O)N2CCC(c3c[nH]c4ccc(OC)cc34)CC2)CC1. The molecule has 0 unspecified atom stereocenters. The molecule has 0 aliphatic carbocycles. The zero-order valence-electron chi connectivity index (χ0n) is 19.2. The lowest BCUT2D eigenvalue weighted by Crippen LogP contribution is -2.46. The van der Waals surface area contributed by atoms with Gasteiger partial charge < -0.3 is 14.6 Å². The number of carbonyl (C=O) groups is 1. The maximum atomic E-state index is 13.1. The number of hydrogen-bond acceptors (Lipinski definition) is 4. The van der Waals surface area contributed by atoms with E-state index in [1.54, 1.807) is 11.4 Å². The van der Waals surface area contributed by atoms with E-state index < -0.39 is 10.0 Å². The van der Waals surface area contributed by atoms with Crippen molar-refractivity contribution in [2.45, 2.75) is 51.4 Å². The normalized spacial score (nSPS) is 19.5. The van der Waals surface area contributed by atoms with Gasteiger partial charge in [0, 0.05) is 49.2 Å². The van der Waals surface area contributed by atoms with Gasteiger partial charge in [-0.05, 0) is 61.8 Å². The number of fused-ring (bicyclic) bond motifs is 1. The molecule has 0 spiro atoms. The molecule has 0 bridgehead atoms. The highest BCUT2D eigenvalue weighted by Gasteiger charge is 2.34. The highest BCUT2D eigenvalue weighted by molar-refractivity contribution is 7.89. The molecule has 2 aliphatic rings. The van der Waals surface area contributed by atoms with Gasteiger partial charge in [0.1, 0.15) is 5.75 Å². The minimum absolute atomic E-state index is 0.0541. The molecular formula is C24H35N3O4S. The summed E-state index contributed by atoms with van der Waals surface area (Å²) < 4.78 is 31.8. The Morgan fingerprint density at radius 2 is 1.84 bits per heavy atom. The van der Waals surface area contributed by atoms with E-state index in [0.29, 0.717) is 38.3 Å². The first-order chi connectivity index (χ1) is 15.4. The number of piperidine rings is 2. The zero-order chi connectivity index (χ0) is 22.7. The first-order valence-electron chi connectivity index (χ1n) is 11.8. The molecule has 2 aromatic rings. The number of sulfonamides is 1. The van der Waals surface area contributed by atoms with Crippen LogP contribution in [0.3, 0.4) is 0 Å². The largest absolute Gasteiger partial charge is 0.497 e. The van der Waals surface area contributed by atoms with E-state index in [1.807, 2.05) is 24.0 Å². The standard InChI is InChI=1S/C24H35N3O4S/c1-3-4-15-32(29,30)27-13-9-19(10-14-27)24(28)26-11-7-18(8-12-26)22-17-25-23-6-5-20(31-2)16-21(22)23/h5-6,16-19,25H,3-4,7-15H2,1-2H3. The molecule has 3 heterocycles. The summed E-state index contributed by atoms with van der Waals surface area (Å²) in [6.45, 7) is 4.45. The lowest BCUT2D eigenvalue weighted by Gasteiger charge is -2.37. The second-order valence-corrected chi connectivity index (χ2v) is 11.2. The summed E-state index contributed by atoms with van der Waals surface area (Å²) in [6.07, 6.45) is 6.82. The van der Waals surface area contributed by atoms with Gasteiger partial charge in [0.05, 0.1) is 12.9 Å². The molecule has 1 aromatic carbocycles. The number of aromatic amines is 1. The number of hydrogen-bond donors (Lipinski definition) is 1. The van der Waals surface area contributed by atoms with E-state index >= 15 is 0 Å². The topological polar surface area (TPSA) is 82.7 Å². The van der Waals surface area contributed by atoms with Gasteiger partial charge in [-0.25, -0.2) is 12.7 Å². The number of nitrogens with zero attached hydrogens (tertiary/aromatic N) is 2. The number of H-pyrrole nitrogens is 1. The van der Waals surface area contributed by atoms with Crippen LogP contribution in [0.15, 0.2) is 24.4 Å². The first kappa shape index (κ1) is 23.1. The Kier molecular flexibility index (Phi) is 7.10. The molecule has 2 fully saturated rings. The summed E-state index contributed by atoms with van der Waals surface area (Å²) in [5.41, 5.74) is 2.41. The van der Waals surface area contributed by atoms with Crippen LogP contribution < -0.4 is 4.74 Å². The smallest absolute Gasteiger partial charge is 0.225 e. The molecule has 0 atom stereocenters. The second kappa shape index (κ2) is 9.83. The third kappa shape index (κ3) is 4.81. The summed E-state index contributed by atoms with van der Waals surface area (Å²) in [7, 11) is -1.50. The Hall–Kier alpha value is -2.06. The van der Waals surface area contributed by atoms with E-state index in [4.69, 9.17) is 4.74 Å². The van der Waals surface area contributed by atoms with Gasteiger partial charge in [0.15, 0.2) is 0 Å². The van der Waals surface area contributed by atoms with Gasteiger partial charge in [0.2, 0.25) is 15.9 Å². The fourth-order valence-electron chi connectivity index (χ4n) is 5.09. The van der Waals surface area contributed by atoms with Crippen molar-refractivity contribution in [2.75, 3.05) is 39.0 Å². The van der Waals surface area contributed by atoms with Crippen molar-refractivity contribution in [3.05, 3.63) is 30.0 Å². The van der Waals surface area contributed by atoms with Gasteiger partial charge in [-0.1, -0.05) is 13.3 Å². The van der Waals surface area contributed by atoms with E-state index in [9.17, 15) is 13.2 Å². The number of likely N-dealkylation sites (tertiary alicyclic amines) is 1. The zero-order valence-corrected chi connectivity index (χ0v) is 20.0. The van der Waals surface area contributed by atoms with E-state index in [2.05, 4.69) is 17.2 Å². The van der Waals surface area contributed by atoms with Crippen LogP contribution in [0.25, 0.3) is 10.9 Å². The van der Waals surface area contributed by atoms with Crippen LogP contribution in [0.4, 0.5) is 0 Å². The number of methoxy groups -OCH3 is 1. The predicted molar refractivity (Wildman–Crippen MR) is 126 cm³/mol. The van der Waals surface area contributed by atoms with Crippen molar-refractivity contribution in [1.29, 1.82) is 0 Å². The fraction of sp³-hybridized carbons (Fsp3) is 0.625.